The number of hydrogen-bond acceptors (Lipinski definition) is 8. The van der Waals surface area contributed by atoms with Crippen LogP contribution < -0.4 is 16.1 Å². The molecular formula is C18H15N7O4S. The van der Waals surface area contributed by atoms with Crippen LogP contribution in [-0.4, -0.2) is 33.3 Å². The summed E-state index contributed by atoms with van der Waals surface area (Å²) in [5.41, 5.74) is 3.52. The van der Waals surface area contributed by atoms with E-state index in [1.165, 1.54) is 30.5 Å². The van der Waals surface area contributed by atoms with Crippen LogP contribution in [0.5, 0.6) is 0 Å². The highest BCUT2D eigenvalue weighted by atomic mass is 32.1. The molecular weight excluding hydrogens is 410 g/mol. The third kappa shape index (κ3) is 6.17. The Morgan fingerprint density at radius 1 is 1.07 bits per heavy atom. The van der Waals surface area contributed by atoms with Gasteiger partial charge >= 0.3 is 6.03 Å². The van der Waals surface area contributed by atoms with E-state index in [1.807, 2.05) is 6.07 Å². The molecule has 0 spiro atoms. The molecule has 0 atom stereocenters. The van der Waals surface area contributed by atoms with Gasteiger partial charge in [0.15, 0.2) is 0 Å². The van der Waals surface area contributed by atoms with E-state index in [1.54, 1.807) is 24.3 Å². The van der Waals surface area contributed by atoms with Crippen LogP contribution >= 0.6 is 11.3 Å². The first-order valence-corrected chi connectivity index (χ1v) is 9.33. The van der Waals surface area contributed by atoms with Crippen molar-refractivity contribution in [1.82, 2.24) is 15.6 Å². The van der Waals surface area contributed by atoms with Gasteiger partial charge in [0.05, 0.1) is 17.6 Å². The summed E-state index contributed by atoms with van der Waals surface area (Å²) in [5.74, 6) is -0.426. The Bertz CT molecular complexity index is 1070. The molecule has 3 amide bonds. The number of benzene rings is 2. The number of hydrazone groups is 1. The Kier molecular flexibility index (Phi) is 6.74. The summed E-state index contributed by atoms with van der Waals surface area (Å²) in [6.07, 6.45) is 1.29. The van der Waals surface area contributed by atoms with Crippen molar-refractivity contribution < 1.29 is 14.5 Å². The van der Waals surface area contributed by atoms with Crippen molar-refractivity contribution in [2.75, 3.05) is 10.6 Å². The number of amides is 3. The van der Waals surface area contributed by atoms with Crippen molar-refractivity contribution in [3.63, 3.8) is 0 Å². The molecule has 0 radical (unpaired) electrons. The molecule has 152 valence electrons. The number of rotatable bonds is 7. The van der Waals surface area contributed by atoms with Crippen LogP contribution in [0.15, 0.2) is 59.7 Å². The summed E-state index contributed by atoms with van der Waals surface area (Å²) in [4.78, 5) is 34.0. The predicted octanol–water partition coefficient (Wildman–Crippen LogP) is 2.78. The molecule has 0 unspecified atom stereocenters. The van der Waals surface area contributed by atoms with Crippen molar-refractivity contribution in [2.24, 2.45) is 5.10 Å². The van der Waals surface area contributed by atoms with Gasteiger partial charge in [-0.05, 0) is 29.8 Å². The molecule has 1 aromatic heterocycles. The maximum Gasteiger partial charge on any atom is 0.325 e. The van der Waals surface area contributed by atoms with E-state index in [9.17, 15) is 19.7 Å². The van der Waals surface area contributed by atoms with Crippen LogP contribution in [0.25, 0.3) is 0 Å². The van der Waals surface area contributed by atoms with Crippen LogP contribution in [0.3, 0.4) is 0 Å². The molecule has 0 aliphatic heterocycles. The number of carbonyl (C=O) groups excluding carboxylic acids is 2. The summed E-state index contributed by atoms with van der Waals surface area (Å²) in [6, 6.07) is 14.1. The Morgan fingerprint density at radius 2 is 1.80 bits per heavy atom. The third-order valence-electron chi connectivity index (χ3n) is 3.54. The lowest BCUT2D eigenvalue weighted by molar-refractivity contribution is -0.384. The number of para-hydroxylation sites is 1. The van der Waals surface area contributed by atoms with Crippen LogP contribution in [0, 0.1) is 10.1 Å². The molecule has 0 saturated heterocycles. The minimum absolute atomic E-state index is 0.0330. The maximum atomic E-state index is 11.9. The lowest BCUT2D eigenvalue weighted by Gasteiger charge is -2.03. The lowest BCUT2D eigenvalue weighted by Crippen LogP contribution is -2.19. The van der Waals surface area contributed by atoms with Crippen LogP contribution in [0.4, 0.5) is 21.3 Å². The van der Waals surface area contributed by atoms with Gasteiger partial charge in [0.1, 0.15) is 5.01 Å². The number of aromatic nitrogens is 2. The number of nitro groups is 1. The molecule has 3 aromatic rings. The summed E-state index contributed by atoms with van der Waals surface area (Å²) in [7, 11) is 0. The number of nitrogens with one attached hydrogen (secondary N) is 3. The maximum absolute atomic E-state index is 11.9. The van der Waals surface area contributed by atoms with E-state index in [2.05, 4.69) is 31.4 Å². The second-order valence-electron chi connectivity index (χ2n) is 5.76. The topological polar surface area (TPSA) is 152 Å². The van der Waals surface area contributed by atoms with Crippen molar-refractivity contribution in [3.8, 4) is 0 Å². The molecule has 0 fully saturated rings. The molecule has 0 aliphatic carbocycles. The molecule has 0 saturated carbocycles. The number of nitrogens with zero attached hydrogens (tertiary/aromatic N) is 4. The fourth-order valence-electron chi connectivity index (χ4n) is 2.19. The third-order valence-corrected chi connectivity index (χ3v) is 4.38. The summed E-state index contributed by atoms with van der Waals surface area (Å²) < 4.78 is 0. The highest BCUT2D eigenvalue weighted by molar-refractivity contribution is 7.15. The van der Waals surface area contributed by atoms with Gasteiger partial charge in [0.2, 0.25) is 11.0 Å². The second-order valence-corrected chi connectivity index (χ2v) is 6.83. The quantitative estimate of drug-likeness (QED) is 0.301. The Labute approximate surface area is 174 Å². The first-order chi connectivity index (χ1) is 14.5. The van der Waals surface area contributed by atoms with Gasteiger partial charge in [-0.1, -0.05) is 29.5 Å². The number of nitro benzene ring substituents is 1. The molecule has 2 aromatic carbocycles. The highest BCUT2D eigenvalue weighted by Gasteiger charge is 2.11. The molecule has 3 N–H and O–H groups in total. The van der Waals surface area contributed by atoms with E-state index in [0.717, 1.165) is 11.3 Å². The van der Waals surface area contributed by atoms with Crippen LogP contribution in [0.2, 0.25) is 0 Å². The Morgan fingerprint density at radius 3 is 2.50 bits per heavy atom. The molecule has 0 bridgehead atoms. The SMILES string of the molecule is O=C(Cc1nnc(NC(=O)Nc2ccccc2)s1)NN=Cc1ccc([N+](=O)[O-])cc1. The summed E-state index contributed by atoms with van der Waals surface area (Å²) in [6.45, 7) is 0. The van der Waals surface area contributed by atoms with Crippen molar-refractivity contribution in [3.05, 3.63) is 75.3 Å². The van der Waals surface area contributed by atoms with Crippen molar-refractivity contribution >= 4 is 46.0 Å². The molecule has 30 heavy (non-hydrogen) atoms. The molecule has 12 heteroatoms. The summed E-state index contributed by atoms with van der Waals surface area (Å²) >= 11 is 1.06. The minimum atomic E-state index is -0.501. The first kappa shape index (κ1) is 20.5. The first-order valence-electron chi connectivity index (χ1n) is 8.51. The number of carbonyl (C=O) groups is 2. The zero-order chi connectivity index (χ0) is 21.3. The molecule has 3 rings (SSSR count). The Hall–Kier alpha value is -4.19. The standard InChI is InChI=1S/C18H15N7O4S/c26-15(22-19-11-12-6-8-14(9-7-12)25(28)29)10-16-23-24-18(30-16)21-17(27)20-13-4-2-1-3-5-13/h1-9,11H,10H2,(H,22,26)(H2,20,21,24,27). The Balaban J connectivity index is 1.46. The molecule has 0 aliphatic rings. The lowest BCUT2D eigenvalue weighted by atomic mass is 10.2. The van der Waals surface area contributed by atoms with Crippen LogP contribution in [-0.2, 0) is 11.2 Å². The fraction of sp³-hybridized carbons (Fsp3) is 0.0556. The largest absolute Gasteiger partial charge is 0.325 e. The zero-order valence-corrected chi connectivity index (χ0v) is 16.1. The van der Waals surface area contributed by atoms with Gasteiger partial charge in [-0.2, -0.15) is 5.10 Å². The van der Waals surface area contributed by atoms with Gasteiger partial charge in [-0.3, -0.25) is 20.2 Å². The number of urea groups is 1. The van der Waals surface area contributed by atoms with Gasteiger partial charge in [-0.25, -0.2) is 10.2 Å². The van der Waals surface area contributed by atoms with E-state index >= 15 is 0 Å². The van der Waals surface area contributed by atoms with E-state index < -0.39 is 16.9 Å². The van der Waals surface area contributed by atoms with Gasteiger partial charge in [0.25, 0.3) is 5.69 Å². The van der Waals surface area contributed by atoms with E-state index in [4.69, 9.17) is 0 Å². The van der Waals surface area contributed by atoms with Gasteiger partial charge in [-0.15, -0.1) is 10.2 Å². The zero-order valence-electron chi connectivity index (χ0n) is 15.3. The number of hydrogen-bond donors (Lipinski definition) is 3. The van der Waals surface area contributed by atoms with Crippen LogP contribution in [0.1, 0.15) is 10.6 Å². The molecule has 11 nitrogen and oxygen atoms in total. The number of non-ortho nitro benzene ring substituents is 1. The monoisotopic (exact) mass is 425 g/mol. The fourth-order valence-corrected chi connectivity index (χ4v) is 2.93. The average molecular weight is 425 g/mol. The van der Waals surface area contributed by atoms with Crippen molar-refractivity contribution in [2.45, 2.75) is 6.42 Å². The van der Waals surface area contributed by atoms with E-state index in [-0.39, 0.29) is 17.2 Å². The number of anilines is 2. The second kappa shape index (κ2) is 9.84. The van der Waals surface area contributed by atoms with Gasteiger partial charge < -0.3 is 5.32 Å². The molecule has 1 heterocycles. The highest BCUT2D eigenvalue weighted by Crippen LogP contribution is 2.16. The summed E-state index contributed by atoms with van der Waals surface area (Å²) in [5, 5.41) is 27.9. The van der Waals surface area contributed by atoms with Gasteiger partial charge in [0, 0.05) is 17.8 Å². The smallest absolute Gasteiger partial charge is 0.308 e. The normalized spacial score (nSPS) is 10.5. The van der Waals surface area contributed by atoms with Crippen molar-refractivity contribution in [1.29, 1.82) is 0 Å². The van der Waals surface area contributed by atoms with E-state index in [0.29, 0.717) is 16.3 Å². The minimum Gasteiger partial charge on any atom is -0.308 e. The predicted molar refractivity (Wildman–Crippen MR) is 112 cm³/mol. The average Bonchev–Trinajstić information content (AvgIpc) is 3.15.